The number of fused-ring (bicyclic) bond motifs is 1. The lowest BCUT2D eigenvalue weighted by molar-refractivity contribution is 0.168. The molecule has 0 spiro atoms. The zero-order chi connectivity index (χ0) is 11.3. The van der Waals surface area contributed by atoms with Crippen molar-refractivity contribution in [2.45, 2.75) is 25.3 Å². The summed E-state index contributed by atoms with van der Waals surface area (Å²) in [5, 5.41) is 0. The highest BCUT2D eigenvalue weighted by atomic mass is 79.9. The van der Waals surface area contributed by atoms with Crippen LogP contribution in [0.5, 0.6) is 11.5 Å². The Morgan fingerprint density at radius 2 is 2.00 bits per heavy atom. The molecule has 0 unspecified atom stereocenters. The van der Waals surface area contributed by atoms with E-state index in [-0.39, 0.29) is 5.54 Å². The summed E-state index contributed by atoms with van der Waals surface area (Å²) in [6.45, 7) is 3.29. The summed E-state index contributed by atoms with van der Waals surface area (Å²) in [4.78, 5) is 0. The Morgan fingerprint density at radius 1 is 1.31 bits per heavy atom. The first-order valence-corrected chi connectivity index (χ1v) is 6.29. The highest BCUT2D eigenvalue weighted by Gasteiger charge is 2.45. The zero-order valence-electron chi connectivity index (χ0n) is 9.18. The molecule has 86 valence electrons. The summed E-state index contributed by atoms with van der Waals surface area (Å²) in [5.41, 5.74) is 8.40. The predicted octanol–water partition coefficient (Wildman–Crippen LogP) is 2.48. The minimum Gasteiger partial charge on any atom is -0.486 e. The molecule has 0 radical (unpaired) electrons. The first-order valence-electron chi connectivity index (χ1n) is 5.50. The molecular weight excluding hydrogens is 270 g/mol. The Bertz CT molecular complexity index is 455. The van der Waals surface area contributed by atoms with Gasteiger partial charge in [-0.25, -0.2) is 0 Å². The fourth-order valence-corrected chi connectivity index (χ4v) is 2.64. The SMILES string of the molecule is Cc1c(Br)cc2c(c1C1(N)CC1)OCCO2. The van der Waals surface area contributed by atoms with Gasteiger partial charge in [-0.2, -0.15) is 0 Å². The largest absolute Gasteiger partial charge is 0.486 e. The minimum absolute atomic E-state index is 0.196. The predicted molar refractivity (Wildman–Crippen MR) is 65.0 cm³/mol. The molecular formula is C12H14BrNO2. The van der Waals surface area contributed by atoms with E-state index in [2.05, 4.69) is 22.9 Å². The summed E-state index contributed by atoms with van der Waals surface area (Å²) in [6.07, 6.45) is 2.06. The molecule has 0 saturated heterocycles. The first kappa shape index (κ1) is 10.4. The number of rotatable bonds is 1. The topological polar surface area (TPSA) is 44.5 Å². The summed E-state index contributed by atoms with van der Waals surface area (Å²) < 4.78 is 12.4. The minimum atomic E-state index is -0.196. The van der Waals surface area contributed by atoms with E-state index in [1.165, 1.54) is 5.56 Å². The van der Waals surface area contributed by atoms with Crippen molar-refractivity contribution in [2.75, 3.05) is 13.2 Å². The van der Waals surface area contributed by atoms with Crippen LogP contribution in [0.15, 0.2) is 10.5 Å². The molecule has 1 heterocycles. The maximum atomic E-state index is 6.31. The molecule has 3 rings (SSSR count). The average Bonchev–Trinajstić information content (AvgIpc) is 2.99. The molecule has 0 bridgehead atoms. The monoisotopic (exact) mass is 283 g/mol. The Hall–Kier alpha value is -0.740. The van der Waals surface area contributed by atoms with Gasteiger partial charge in [0.1, 0.15) is 13.2 Å². The summed E-state index contributed by atoms with van der Waals surface area (Å²) in [5.74, 6) is 1.67. The van der Waals surface area contributed by atoms with E-state index in [0.29, 0.717) is 13.2 Å². The smallest absolute Gasteiger partial charge is 0.166 e. The third-order valence-electron chi connectivity index (χ3n) is 3.32. The number of hydrogen-bond acceptors (Lipinski definition) is 3. The van der Waals surface area contributed by atoms with Crippen LogP contribution in [0.1, 0.15) is 24.0 Å². The third-order valence-corrected chi connectivity index (χ3v) is 4.14. The van der Waals surface area contributed by atoms with Crippen molar-refractivity contribution in [2.24, 2.45) is 5.73 Å². The molecule has 2 N–H and O–H groups in total. The molecule has 1 fully saturated rings. The van der Waals surface area contributed by atoms with Crippen LogP contribution in [0.2, 0.25) is 0 Å². The van der Waals surface area contributed by atoms with Crippen molar-refractivity contribution in [1.82, 2.24) is 0 Å². The van der Waals surface area contributed by atoms with E-state index < -0.39 is 0 Å². The van der Waals surface area contributed by atoms with Crippen LogP contribution in [0.3, 0.4) is 0 Å². The molecule has 1 aliphatic heterocycles. The summed E-state index contributed by atoms with van der Waals surface area (Å²) in [6, 6.07) is 1.97. The molecule has 0 amide bonds. The van der Waals surface area contributed by atoms with Crippen molar-refractivity contribution in [3.8, 4) is 11.5 Å². The third kappa shape index (κ3) is 1.44. The van der Waals surface area contributed by atoms with E-state index >= 15 is 0 Å². The highest BCUT2D eigenvalue weighted by Crippen LogP contribution is 2.52. The van der Waals surface area contributed by atoms with E-state index in [0.717, 1.165) is 34.4 Å². The van der Waals surface area contributed by atoms with Crippen LogP contribution < -0.4 is 15.2 Å². The number of benzene rings is 1. The van der Waals surface area contributed by atoms with Crippen LogP contribution in [-0.4, -0.2) is 13.2 Å². The van der Waals surface area contributed by atoms with Crippen LogP contribution in [-0.2, 0) is 5.54 Å². The Kier molecular flexibility index (Phi) is 2.20. The van der Waals surface area contributed by atoms with Gasteiger partial charge in [0.25, 0.3) is 0 Å². The van der Waals surface area contributed by atoms with Gasteiger partial charge in [-0.05, 0) is 31.4 Å². The van der Waals surface area contributed by atoms with E-state index in [9.17, 15) is 0 Å². The first-order chi connectivity index (χ1) is 7.62. The lowest BCUT2D eigenvalue weighted by Gasteiger charge is -2.26. The molecule has 1 aromatic rings. The standard InChI is InChI=1S/C12H14BrNO2/c1-7-8(13)6-9-11(16-5-4-15-9)10(7)12(14)2-3-12/h6H,2-5,14H2,1H3. The molecule has 16 heavy (non-hydrogen) atoms. The molecule has 3 nitrogen and oxygen atoms in total. The van der Waals surface area contributed by atoms with Crippen molar-refractivity contribution in [3.63, 3.8) is 0 Å². The zero-order valence-corrected chi connectivity index (χ0v) is 10.8. The summed E-state index contributed by atoms with van der Waals surface area (Å²) >= 11 is 3.55. The van der Waals surface area contributed by atoms with Gasteiger partial charge in [0.05, 0.1) is 0 Å². The van der Waals surface area contributed by atoms with Crippen molar-refractivity contribution < 1.29 is 9.47 Å². The van der Waals surface area contributed by atoms with Crippen LogP contribution in [0.4, 0.5) is 0 Å². The quantitative estimate of drug-likeness (QED) is 0.861. The molecule has 1 aromatic carbocycles. The van der Waals surface area contributed by atoms with Gasteiger partial charge in [0.15, 0.2) is 11.5 Å². The number of hydrogen-bond donors (Lipinski definition) is 1. The van der Waals surface area contributed by atoms with E-state index in [4.69, 9.17) is 15.2 Å². The van der Waals surface area contributed by atoms with Gasteiger partial charge >= 0.3 is 0 Å². The second-order valence-electron chi connectivity index (χ2n) is 4.54. The molecule has 0 atom stereocenters. The lowest BCUT2D eigenvalue weighted by Crippen LogP contribution is -2.25. The number of ether oxygens (including phenoxy) is 2. The Morgan fingerprint density at radius 3 is 2.69 bits per heavy atom. The van der Waals surface area contributed by atoms with Gasteiger partial charge in [-0.3, -0.25) is 0 Å². The van der Waals surface area contributed by atoms with Gasteiger partial charge < -0.3 is 15.2 Å². The van der Waals surface area contributed by atoms with Crippen LogP contribution in [0.25, 0.3) is 0 Å². The van der Waals surface area contributed by atoms with Gasteiger partial charge in [-0.1, -0.05) is 15.9 Å². The molecule has 0 aromatic heterocycles. The molecule has 4 heteroatoms. The lowest BCUT2D eigenvalue weighted by atomic mass is 9.98. The maximum absolute atomic E-state index is 6.31. The maximum Gasteiger partial charge on any atom is 0.166 e. The average molecular weight is 284 g/mol. The molecule has 2 aliphatic rings. The Balaban J connectivity index is 2.23. The van der Waals surface area contributed by atoms with Crippen molar-refractivity contribution in [3.05, 3.63) is 21.7 Å². The van der Waals surface area contributed by atoms with Gasteiger partial charge in [0, 0.05) is 15.6 Å². The van der Waals surface area contributed by atoms with E-state index in [1.807, 2.05) is 6.07 Å². The fourth-order valence-electron chi connectivity index (χ4n) is 2.23. The fraction of sp³-hybridized carbons (Fsp3) is 0.500. The van der Waals surface area contributed by atoms with Crippen molar-refractivity contribution in [1.29, 1.82) is 0 Å². The molecule has 1 saturated carbocycles. The highest BCUT2D eigenvalue weighted by molar-refractivity contribution is 9.10. The van der Waals surface area contributed by atoms with Gasteiger partial charge in [0.2, 0.25) is 0 Å². The normalized spacial score (nSPS) is 20.7. The number of halogens is 1. The second kappa shape index (κ2) is 3.37. The van der Waals surface area contributed by atoms with Crippen molar-refractivity contribution >= 4 is 15.9 Å². The van der Waals surface area contributed by atoms with Crippen LogP contribution in [0, 0.1) is 6.92 Å². The van der Waals surface area contributed by atoms with Crippen LogP contribution >= 0.6 is 15.9 Å². The van der Waals surface area contributed by atoms with E-state index in [1.54, 1.807) is 0 Å². The second-order valence-corrected chi connectivity index (χ2v) is 5.39. The Labute approximate surface area is 103 Å². The van der Waals surface area contributed by atoms with Gasteiger partial charge in [-0.15, -0.1) is 0 Å². The number of nitrogens with two attached hydrogens (primary N) is 1. The molecule has 1 aliphatic carbocycles. The summed E-state index contributed by atoms with van der Waals surface area (Å²) in [7, 11) is 0.